The molecule has 0 radical (unpaired) electrons. The summed E-state index contributed by atoms with van der Waals surface area (Å²) in [7, 11) is 0. The fourth-order valence-electron chi connectivity index (χ4n) is 2.21. The third-order valence-electron chi connectivity index (χ3n) is 3.15. The van der Waals surface area contributed by atoms with Gasteiger partial charge >= 0.3 is 0 Å². The first-order valence-electron chi connectivity index (χ1n) is 6.06. The SMILES string of the molecule is Cc1cc(C2=CCNCC2)cnc1-n1cnnc1. The molecule has 0 unspecified atom stereocenters. The number of hydrogen-bond donors (Lipinski definition) is 1. The molecule has 0 saturated carbocycles. The Bertz CT molecular complexity index is 571. The molecule has 3 heterocycles. The van der Waals surface area contributed by atoms with E-state index in [2.05, 4.69) is 39.6 Å². The average molecular weight is 241 g/mol. The second-order valence-electron chi connectivity index (χ2n) is 4.42. The van der Waals surface area contributed by atoms with Gasteiger partial charge in [0.05, 0.1) is 0 Å². The minimum Gasteiger partial charge on any atom is -0.313 e. The van der Waals surface area contributed by atoms with Crippen molar-refractivity contribution in [3.8, 4) is 5.82 Å². The summed E-state index contributed by atoms with van der Waals surface area (Å²) in [6.07, 6.45) is 8.56. The zero-order chi connectivity index (χ0) is 12.4. The van der Waals surface area contributed by atoms with E-state index in [0.717, 1.165) is 30.9 Å². The number of rotatable bonds is 2. The van der Waals surface area contributed by atoms with Gasteiger partial charge < -0.3 is 5.32 Å². The quantitative estimate of drug-likeness (QED) is 0.862. The standard InChI is InChI=1S/C13H15N5/c1-10-6-12(11-2-4-14-5-3-11)7-15-13(10)18-8-16-17-9-18/h2,6-9,14H,3-5H2,1H3. The number of hydrogen-bond acceptors (Lipinski definition) is 4. The number of aryl methyl sites for hydroxylation is 1. The summed E-state index contributed by atoms with van der Waals surface area (Å²) in [5, 5.41) is 10.9. The highest BCUT2D eigenvalue weighted by atomic mass is 15.2. The maximum Gasteiger partial charge on any atom is 0.142 e. The van der Waals surface area contributed by atoms with Gasteiger partial charge in [-0.1, -0.05) is 6.08 Å². The lowest BCUT2D eigenvalue weighted by molar-refractivity contribution is 0.738. The fourth-order valence-corrected chi connectivity index (χ4v) is 2.21. The number of pyridine rings is 1. The van der Waals surface area contributed by atoms with E-state index in [1.54, 1.807) is 12.7 Å². The molecule has 1 aliphatic heterocycles. The van der Waals surface area contributed by atoms with E-state index < -0.39 is 0 Å². The van der Waals surface area contributed by atoms with Gasteiger partial charge in [-0.25, -0.2) is 4.98 Å². The van der Waals surface area contributed by atoms with Crippen molar-refractivity contribution >= 4 is 5.57 Å². The predicted molar refractivity (Wildman–Crippen MR) is 69.4 cm³/mol. The highest BCUT2D eigenvalue weighted by Gasteiger charge is 2.09. The first-order chi connectivity index (χ1) is 8.84. The van der Waals surface area contributed by atoms with Crippen molar-refractivity contribution in [3.63, 3.8) is 0 Å². The lowest BCUT2D eigenvalue weighted by Gasteiger charge is -2.15. The van der Waals surface area contributed by atoms with E-state index >= 15 is 0 Å². The highest BCUT2D eigenvalue weighted by Crippen LogP contribution is 2.21. The molecular weight excluding hydrogens is 226 g/mol. The van der Waals surface area contributed by atoms with E-state index in [0.29, 0.717) is 0 Å². The fraction of sp³-hybridized carbons (Fsp3) is 0.308. The maximum absolute atomic E-state index is 4.52. The molecule has 18 heavy (non-hydrogen) atoms. The van der Waals surface area contributed by atoms with Gasteiger partial charge in [0.25, 0.3) is 0 Å². The Morgan fingerprint density at radius 3 is 2.78 bits per heavy atom. The van der Waals surface area contributed by atoms with Crippen LogP contribution in [0.25, 0.3) is 11.4 Å². The van der Waals surface area contributed by atoms with Crippen LogP contribution in [-0.2, 0) is 0 Å². The summed E-state index contributed by atoms with van der Waals surface area (Å²) in [4.78, 5) is 4.52. The van der Waals surface area contributed by atoms with Crippen LogP contribution < -0.4 is 5.32 Å². The predicted octanol–water partition coefficient (Wildman–Crippen LogP) is 1.35. The summed E-state index contributed by atoms with van der Waals surface area (Å²) >= 11 is 0. The van der Waals surface area contributed by atoms with Gasteiger partial charge in [0.1, 0.15) is 18.5 Å². The molecule has 0 fully saturated rings. The van der Waals surface area contributed by atoms with Crippen LogP contribution in [0.1, 0.15) is 17.5 Å². The van der Waals surface area contributed by atoms with Crippen LogP contribution in [0.2, 0.25) is 0 Å². The van der Waals surface area contributed by atoms with E-state index in [4.69, 9.17) is 0 Å². The van der Waals surface area contributed by atoms with Gasteiger partial charge in [0.2, 0.25) is 0 Å². The van der Waals surface area contributed by atoms with Gasteiger partial charge in [-0.3, -0.25) is 4.57 Å². The molecule has 0 amide bonds. The molecule has 3 rings (SSSR count). The van der Waals surface area contributed by atoms with Gasteiger partial charge in [-0.15, -0.1) is 10.2 Å². The van der Waals surface area contributed by atoms with Crippen molar-refractivity contribution in [1.82, 2.24) is 25.1 Å². The Labute approximate surface area is 106 Å². The molecule has 0 bridgehead atoms. The summed E-state index contributed by atoms with van der Waals surface area (Å²) in [5.74, 6) is 0.887. The van der Waals surface area contributed by atoms with Gasteiger partial charge in [-0.05, 0) is 42.7 Å². The van der Waals surface area contributed by atoms with Crippen LogP contribution in [0.4, 0.5) is 0 Å². The van der Waals surface area contributed by atoms with Crippen molar-refractivity contribution in [2.75, 3.05) is 13.1 Å². The molecule has 2 aromatic rings. The maximum atomic E-state index is 4.52. The van der Waals surface area contributed by atoms with E-state index in [1.165, 1.54) is 11.1 Å². The van der Waals surface area contributed by atoms with Crippen molar-refractivity contribution in [2.24, 2.45) is 0 Å². The molecular formula is C13H15N5. The average Bonchev–Trinajstić information content (AvgIpc) is 2.93. The molecule has 1 N–H and O–H groups in total. The minimum atomic E-state index is 0.887. The molecule has 0 aromatic carbocycles. The minimum absolute atomic E-state index is 0.887. The lowest BCUT2D eigenvalue weighted by Crippen LogP contribution is -2.20. The zero-order valence-electron chi connectivity index (χ0n) is 10.3. The smallest absolute Gasteiger partial charge is 0.142 e. The van der Waals surface area contributed by atoms with Crippen LogP contribution in [0.15, 0.2) is 31.0 Å². The first kappa shape index (κ1) is 11.1. The Morgan fingerprint density at radius 1 is 1.28 bits per heavy atom. The van der Waals surface area contributed by atoms with Crippen LogP contribution in [0.3, 0.4) is 0 Å². The second kappa shape index (κ2) is 4.70. The lowest BCUT2D eigenvalue weighted by atomic mass is 10.0. The summed E-state index contributed by atoms with van der Waals surface area (Å²) in [6, 6.07) is 2.18. The van der Waals surface area contributed by atoms with E-state index in [1.807, 2.05) is 10.8 Å². The van der Waals surface area contributed by atoms with Crippen LogP contribution in [-0.4, -0.2) is 32.8 Å². The Hall–Kier alpha value is -2.01. The third-order valence-corrected chi connectivity index (χ3v) is 3.15. The van der Waals surface area contributed by atoms with Gasteiger partial charge in [-0.2, -0.15) is 0 Å². The van der Waals surface area contributed by atoms with Crippen molar-refractivity contribution in [3.05, 3.63) is 42.1 Å². The van der Waals surface area contributed by atoms with Gasteiger partial charge in [0.15, 0.2) is 0 Å². The van der Waals surface area contributed by atoms with Crippen LogP contribution in [0.5, 0.6) is 0 Å². The summed E-state index contributed by atoms with van der Waals surface area (Å²) in [6.45, 7) is 4.05. The van der Waals surface area contributed by atoms with Crippen LogP contribution >= 0.6 is 0 Å². The van der Waals surface area contributed by atoms with E-state index in [-0.39, 0.29) is 0 Å². The molecule has 0 spiro atoms. The van der Waals surface area contributed by atoms with Crippen molar-refractivity contribution in [1.29, 1.82) is 0 Å². The molecule has 0 aliphatic carbocycles. The topological polar surface area (TPSA) is 55.6 Å². The third kappa shape index (κ3) is 2.04. The molecule has 0 atom stereocenters. The van der Waals surface area contributed by atoms with Crippen LogP contribution in [0, 0.1) is 6.92 Å². The zero-order valence-corrected chi connectivity index (χ0v) is 10.3. The highest BCUT2D eigenvalue weighted by molar-refractivity contribution is 5.67. The molecule has 5 nitrogen and oxygen atoms in total. The molecule has 0 saturated heterocycles. The summed E-state index contributed by atoms with van der Waals surface area (Å²) in [5.41, 5.74) is 3.72. The van der Waals surface area contributed by atoms with Gasteiger partial charge in [0, 0.05) is 12.7 Å². The molecule has 2 aromatic heterocycles. The Kier molecular flexibility index (Phi) is 2.90. The Balaban J connectivity index is 1.96. The molecule has 1 aliphatic rings. The molecule has 5 heteroatoms. The van der Waals surface area contributed by atoms with Crippen molar-refractivity contribution < 1.29 is 0 Å². The second-order valence-corrected chi connectivity index (χ2v) is 4.42. The molecule has 92 valence electrons. The number of aromatic nitrogens is 4. The monoisotopic (exact) mass is 241 g/mol. The number of nitrogens with one attached hydrogen (secondary N) is 1. The number of nitrogens with zero attached hydrogens (tertiary/aromatic N) is 4. The normalized spacial score (nSPS) is 15.5. The first-order valence-corrected chi connectivity index (χ1v) is 6.06. The Morgan fingerprint density at radius 2 is 2.11 bits per heavy atom. The summed E-state index contributed by atoms with van der Waals surface area (Å²) < 4.78 is 1.83. The largest absolute Gasteiger partial charge is 0.313 e. The van der Waals surface area contributed by atoms with E-state index in [9.17, 15) is 0 Å². The van der Waals surface area contributed by atoms with Crippen molar-refractivity contribution in [2.45, 2.75) is 13.3 Å².